The summed E-state index contributed by atoms with van der Waals surface area (Å²) in [6.07, 6.45) is -8.82. The Balaban J connectivity index is 0. The molecule has 16 nitrogen and oxygen atoms in total. The van der Waals surface area contributed by atoms with Crippen LogP contribution in [0, 0.1) is 10.1 Å². The van der Waals surface area contributed by atoms with Gasteiger partial charge in [0.05, 0.1) is 12.1 Å². The van der Waals surface area contributed by atoms with Crippen LogP contribution in [0.3, 0.4) is 0 Å². The first-order chi connectivity index (χ1) is 16.7. The third-order valence-corrected chi connectivity index (χ3v) is 3.84. The SMILES string of the molecule is NC(=O)[C@H]1NCC[C@@H]1NC(=O)[C@@H](N)CCCN=C(N)N[N+](=O)[O-].O=C(O)C(F)(F)F.O=C(O)C(F)(F)F. The van der Waals surface area contributed by atoms with E-state index < -0.39 is 47.3 Å². The number of nitrogens with one attached hydrogen (secondary N) is 3. The maximum Gasteiger partial charge on any atom is 0.490 e. The molecule has 2 amide bonds. The number of carboxylic acid groups (broad SMARTS) is 2. The minimum absolute atomic E-state index is 0.197. The number of nitrogens with zero attached hydrogens (tertiary/aromatic N) is 2. The molecule has 0 aromatic carbocycles. The number of halogens is 6. The second kappa shape index (κ2) is 15.9. The number of guanidine groups is 1. The van der Waals surface area contributed by atoms with Crippen LogP contribution in [0.5, 0.6) is 0 Å². The number of carboxylic acids is 2. The number of hydrazine groups is 1. The fraction of sp³-hybridized carbons (Fsp3) is 0.667. The average Bonchev–Trinajstić information content (AvgIpc) is 3.18. The zero-order valence-electron chi connectivity index (χ0n) is 18.5. The lowest BCUT2D eigenvalue weighted by Gasteiger charge is -2.20. The molecule has 1 aliphatic heterocycles. The number of primary amides is 1. The smallest absolute Gasteiger partial charge is 0.475 e. The molecule has 37 heavy (non-hydrogen) atoms. The van der Waals surface area contributed by atoms with Crippen molar-refractivity contribution in [1.82, 2.24) is 16.1 Å². The predicted octanol–water partition coefficient (Wildman–Crippen LogP) is -2.21. The lowest BCUT2D eigenvalue weighted by molar-refractivity contribution is -0.525. The Bertz CT molecular complexity index is 814. The number of nitro groups is 1. The second-order valence-electron chi connectivity index (χ2n) is 6.73. The second-order valence-corrected chi connectivity index (χ2v) is 6.73. The summed E-state index contributed by atoms with van der Waals surface area (Å²) in [6, 6.07) is -1.74. The van der Waals surface area contributed by atoms with E-state index in [-0.39, 0.29) is 24.5 Å². The molecule has 214 valence electrons. The maximum absolute atomic E-state index is 12.0. The van der Waals surface area contributed by atoms with Crippen molar-refractivity contribution in [2.75, 3.05) is 13.1 Å². The topological polar surface area (TPSA) is 278 Å². The fourth-order valence-electron chi connectivity index (χ4n) is 2.22. The van der Waals surface area contributed by atoms with Gasteiger partial charge in [-0.25, -0.2) is 24.7 Å². The van der Waals surface area contributed by atoms with Crippen LogP contribution in [0.1, 0.15) is 19.3 Å². The Kier molecular flexibility index (Phi) is 15.2. The zero-order chi connectivity index (χ0) is 29.6. The van der Waals surface area contributed by atoms with Crippen LogP contribution in [-0.2, 0) is 19.2 Å². The van der Waals surface area contributed by atoms with Crippen LogP contribution in [0.2, 0.25) is 0 Å². The van der Waals surface area contributed by atoms with Gasteiger partial charge in [0.15, 0.2) is 5.03 Å². The van der Waals surface area contributed by atoms with Gasteiger partial charge in [0, 0.05) is 6.54 Å². The van der Waals surface area contributed by atoms with Crippen molar-refractivity contribution in [3.8, 4) is 0 Å². The van der Waals surface area contributed by atoms with E-state index in [4.69, 9.17) is 37.0 Å². The standard InChI is InChI=1S/C11H22N8O4.2C2HF3O2/c12-6(2-1-4-16-11(14)18-19(22)23)10(21)17-7-3-5-15-8(7)9(13)20;2*3-2(4,5)1(6)7/h6-8,15H,1-5,12H2,(H2,13,20)(H,17,21)(H3,14,16,18);2*(H,6,7)/t6-,7-,8-;;/m0../s1. The molecule has 11 N–H and O–H groups in total. The molecular weight excluding hydrogens is 534 g/mol. The lowest BCUT2D eigenvalue weighted by Crippen LogP contribution is -2.53. The summed E-state index contributed by atoms with van der Waals surface area (Å²) in [6.45, 7) is 0.785. The van der Waals surface area contributed by atoms with Crippen molar-refractivity contribution in [3.05, 3.63) is 10.1 Å². The van der Waals surface area contributed by atoms with Gasteiger partial charge in [0.25, 0.3) is 5.96 Å². The molecule has 0 aromatic heterocycles. The Morgan fingerprint density at radius 3 is 1.92 bits per heavy atom. The molecule has 0 radical (unpaired) electrons. The van der Waals surface area contributed by atoms with Crippen LogP contribution < -0.4 is 33.3 Å². The zero-order valence-corrected chi connectivity index (χ0v) is 18.5. The van der Waals surface area contributed by atoms with Gasteiger partial charge in [-0.15, -0.1) is 0 Å². The number of hydrogen-bond acceptors (Lipinski definition) is 9. The minimum Gasteiger partial charge on any atom is -0.475 e. The highest BCUT2D eigenvalue weighted by Gasteiger charge is 2.39. The van der Waals surface area contributed by atoms with E-state index >= 15 is 0 Å². The molecule has 0 aromatic rings. The Hall–Kier alpha value is -3.95. The van der Waals surface area contributed by atoms with Gasteiger partial charge in [-0.2, -0.15) is 26.3 Å². The van der Waals surface area contributed by atoms with Crippen LogP contribution in [0.4, 0.5) is 26.3 Å². The van der Waals surface area contributed by atoms with Crippen molar-refractivity contribution in [2.45, 2.75) is 49.7 Å². The molecule has 0 aliphatic carbocycles. The highest BCUT2D eigenvalue weighted by Crippen LogP contribution is 2.13. The highest BCUT2D eigenvalue weighted by atomic mass is 19.4. The van der Waals surface area contributed by atoms with E-state index in [1.54, 1.807) is 5.43 Å². The summed E-state index contributed by atoms with van der Waals surface area (Å²) in [5, 5.41) is 29.1. The number of nitrogens with two attached hydrogens (primary N) is 3. The molecule has 1 aliphatic rings. The number of carbonyl (C=O) groups excluding carboxylic acids is 2. The van der Waals surface area contributed by atoms with Crippen molar-refractivity contribution < 1.29 is 60.8 Å². The van der Waals surface area contributed by atoms with Gasteiger partial charge < -0.3 is 38.0 Å². The summed E-state index contributed by atoms with van der Waals surface area (Å²) in [5.41, 5.74) is 17.9. The molecule has 0 unspecified atom stereocenters. The number of aliphatic carboxylic acids is 2. The first-order valence-electron chi connectivity index (χ1n) is 9.59. The Morgan fingerprint density at radius 2 is 1.54 bits per heavy atom. The van der Waals surface area contributed by atoms with Crippen LogP contribution in [0.15, 0.2) is 4.99 Å². The average molecular weight is 558 g/mol. The minimum atomic E-state index is -5.08. The molecule has 22 heteroatoms. The van der Waals surface area contributed by atoms with Gasteiger partial charge in [-0.1, -0.05) is 5.43 Å². The number of aliphatic imine (C=N–C) groups is 1. The largest absolute Gasteiger partial charge is 0.490 e. The molecular formula is C15H24F6N8O8. The van der Waals surface area contributed by atoms with Crippen molar-refractivity contribution in [3.63, 3.8) is 0 Å². The van der Waals surface area contributed by atoms with E-state index in [0.29, 0.717) is 25.8 Å². The van der Waals surface area contributed by atoms with Crippen LogP contribution in [0.25, 0.3) is 0 Å². The quantitative estimate of drug-likeness (QED) is 0.0393. The third kappa shape index (κ3) is 17.2. The lowest BCUT2D eigenvalue weighted by atomic mass is 10.1. The summed E-state index contributed by atoms with van der Waals surface area (Å²) in [4.78, 5) is 54.8. The number of amides is 2. The van der Waals surface area contributed by atoms with Gasteiger partial charge in [-0.05, 0) is 25.8 Å². The normalized spacial score (nSPS) is 18.2. The van der Waals surface area contributed by atoms with E-state index in [2.05, 4.69) is 15.6 Å². The van der Waals surface area contributed by atoms with Gasteiger partial charge in [0.2, 0.25) is 11.8 Å². The molecule has 1 heterocycles. The number of carbonyl (C=O) groups is 4. The molecule has 0 bridgehead atoms. The van der Waals surface area contributed by atoms with E-state index in [9.17, 15) is 46.0 Å². The highest BCUT2D eigenvalue weighted by molar-refractivity contribution is 5.85. The summed E-state index contributed by atoms with van der Waals surface area (Å²) < 4.78 is 63.5. The molecule has 1 rings (SSSR count). The first-order valence-corrected chi connectivity index (χ1v) is 9.59. The summed E-state index contributed by atoms with van der Waals surface area (Å²) in [5.74, 6) is -6.73. The van der Waals surface area contributed by atoms with Crippen molar-refractivity contribution in [1.29, 1.82) is 0 Å². The summed E-state index contributed by atoms with van der Waals surface area (Å²) >= 11 is 0. The number of rotatable bonds is 8. The van der Waals surface area contributed by atoms with Gasteiger partial charge >= 0.3 is 24.3 Å². The predicted molar refractivity (Wildman–Crippen MR) is 109 cm³/mol. The fourth-order valence-corrected chi connectivity index (χ4v) is 2.22. The van der Waals surface area contributed by atoms with E-state index in [1.165, 1.54) is 0 Å². The molecule has 1 fully saturated rings. The summed E-state index contributed by atoms with van der Waals surface area (Å²) in [7, 11) is 0. The van der Waals surface area contributed by atoms with Crippen molar-refractivity contribution in [2.24, 2.45) is 22.2 Å². The van der Waals surface area contributed by atoms with Crippen molar-refractivity contribution >= 4 is 29.7 Å². The van der Waals surface area contributed by atoms with E-state index in [0.717, 1.165) is 0 Å². The van der Waals surface area contributed by atoms with Gasteiger partial charge in [0.1, 0.15) is 6.04 Å². The molecule has 0 saturated carbocycles. The molecule has 0 spiro atoms. The number of hydrogen-bond donors (Lipinski definition) is 8. The van der Waals surface area contributed by atoms with Crippen LogP contribution in [-0.4, -0.2) is 88.5 Å². The monoisotopic (exact) mass is 558 g/mol. The van der Waals surface area contributed by atoms with Gasteiger partial charge in [-0.3, -0.25) is 9.59 Å². The third-order valence-electron chi connectivity index (χ3n) is 3.84. The number of alkyl halides is 6. The Labute approximate surface area is 202 Å². The molecule has 1 saturated heterocycles. The van der Waals surface area contributed by atoms with Crippen LogP contribution >= 0.6 is 0 Å². The molecule has 3 atom stereocenters. The van der Waals surface area contributed by atoms with E-state index in [1.807, 2.05) is 0 Å². The maximum atomic E-state index is 12.0. The Morgan fingerprint density at radius 1 is 1.08 bits per heavy atom. The first kappa shape index (κ1) is 35.2.